The van der Waals surface area contributed by atoms with Crippen LogP contribution >= 0.6 is 11.8 Å². The summed E-state index contributed by atoms with van der Waals surface area (Å²) in [5.74, 6) is -0.256. The zero-order valence-electron chi connectivity index (χ0n) is 18.1. The van der Waals surface area contributed by atoms with Crippen molar-refractivity contribution in [1.82, 2.24) is 9.55 Å². The first-order valence-electron chi connectivity index (χ1n) is 10.3. The maximum atomic E-state index is 12.8. The highest BCUT2D eigenvalue weighted by atomic mass is 32.2. The first kappa shape index (κ1) is 21.6. The zero-order chi connectivity index (χ0) is 22.7. The molecule has 4 aromatic rings. The lowest BCUT2D eigenvalue weighted by Crippen LogP contribution is -2.22. The van der Waals surface area contributed by atoms with Crippen molar-refractivity contribution in [1.29, 1.82) is 0 Å². The molecular formula is C25H24N4O2S. The first-order valence-corrected chi connectivity index (χ1v) is 11.2. The number of hydrogen-bond acceptors (Lipinski definition) is 4. The van der Waals surface area contributed by atoms with Gasteiger partial charge in [0.15, 0.2) is 5.16 Å². The van der Waals surface area contributed by atoms with Gasteiger partial charge < -0.3 is 10.6 Å². The molecule has 1 unspecified atom stereocenters. The Morgan fingerprint density at radius 2 is 1.53 bits per heavy atom. The Labute approximate surface area is 191 Å². The van der Waals surface area contributed by atoms with Crippen LogP contribution in [0.2, 0.25) is 0 Å². The van der Waals surface area contributed by atoms with Crippen molar-refractivity contribution in [3.05, 3.63) is 78.4 Å². The molecule has 1 aromatic heterocycles. The van der Waals surface area contributed by atoms with Crippen molar-refractivity contribution in [3.8, 4) is 5.69 Å². The van der Waals surface area contributed by atoms with Crippen LogP contribution in [0.15, 0.2) is 78.0 Å². The summed E-state index contributed by atoms with van der Waals surface area (Å²) in [7, 11) is 0. The van der Waals surface area contributed by atoms with Crippen LogP contribution in [0.4, 0.5) is 11.4 Å². The largest absolute Gasteiger partial charge is 0.326 e. The number of nitrogens with one attached hydrogen (secondary N) is 2. The zero-order valence-corrected chi connectivity index (χ0v) is 18.9. The summed E-state index contributed by atoms with van der Waals surface area (Å²) in [4.78, 5) is 28.8. The van der Waals surface area contributed by atoms with Gasteiger partial charge in [-0.1, -0.05) is 41.6 Å². The molecule has 0 radical (unpaired) electrons. The predicted molar refractivity (Wildman–Crippen MR) is 131 cm³/mol. The minimum Gasteiger partial charge on any atom is -0.326 e. The number of fused-ring (bicyclic) bond motifs is 1. The molecule has 3 aromatic carbocycles. The number of aromatic nitrogens is 2. The molecule has 0 bridgehead atoms. The third kappa shape index (κ3) is 4.84. The summed E-state index contributed by atoms with van der Waals surface area (Å²) < 4.78 is 2.09. The van der Waals surface area contributed by atoms with E-state index in [1.54, 1.807) is 24.3 Å². The monoisotopic (exact) mass is 444 g/mol. The minimum atomic E-state index is -0.369. The van der Waals surface area contributed by atoms with E-state index < -0.39 is 0 Å². The highest BCUT2D eigenvalue weighted by Gasteiger charge is 2.20. The van der Waals surface area contributed by atoms with Crippen molar-refractivity contribution >= 4 is 46.0 Å². The van der Waals surface area contributed by atoms with Gasteiger partial charge in [-0.15, -0.1) is 0 Å². The van der Waals surface area contributed by atoms with Crippen LogP contribution in [-0.4, -0.2) is 26.6 Å². The number of amides is 2. The molecule has 0 saturated heterocycles. The van der Waals surface area contributed by atoms with E-state index in [0.717, 1.165) is 21.9 Å². The maximum Gasteiger partial charge on any atom is 0.237 e. The fourth-order valence-corrected chi connectivity index (χ4v) is 4.26. The van der Waals surface area contributed by atoms with Crippen LogP contribution in [0.1, 0.15) is 19.4 Å². The van der Waals surface area contributed by atoms with Gasteiger partial charge in [0, 0.05) is 24.0 Å². The number of benzene rings is 3. The van der Waals surface area contributed by atoms with Gasteiger partial charge in [-0.2, -0.15) is 0 Å². The molecular weight excluding hydrogens is 420 g/mol. The summed E-state index contributed by atoms with van der Waals surface area (Å²) in [5.41, 5.74) is 5.43. The van der Waals surface area contributed by atoms with E-state index >= 15 is 0 Å². The third-order valence-corrected chi connectivity index (χ3v) is 6.00. The third-order valence-electron chi connectivity index (χ3n) is 4.95. The molecule has 0 aliphatic carbocycles. The van der Waals surface area contributed by atoms with Crippen molar-refractivity contribution in [2.45, 2.75) is 31.2 Å². The van der Waals surface area contributed by atoms with Gasteiger partial charge in [0.1, 0.15) is 0 Å². The van der Waals surface area contributed by atoms with Crippen LogP contribution in [0.3, 0.4) is 0 Å². The molecule has 6 nitrogen and oxygen atoms in total. The number of rotatable bonds is 6. The maximum absolute atomic E-state index is 12.8. The van der Waals surface area contributed by atoms with Crippen molar-refractivity contribution in [2.24, 2.45) is 0 Å². The van der Waals surface area contributed by atoms with E-state index in [0.29, 0.717) is 11.4 Å². The smallest absolute Gasteiger partial charge is 0.237 e. The Balaban J connectivity index is 1.55. The molecule has 0 fully saturated rings. The van der Waals surface area contributed by atoms with Gasteiger partial charge >= 0.3 is 0 Å². The van der Waals surface area contributed by atoms with Gasteiger partial charge in [0.2, 0.25) is 11.8 Å². The highest BCUT2D eigenvalue weighted by molar-refractivity contribution is 8.00. The summed E-state index contributed by atoms with van der Waals surface area (Å²) in [6.07, 6.45) is 0. The Bertz CT molecular complexity index is 1260. The Morgan fingerprint density at radius 1 is 0.906 bits per heavy atom. The Kier molecular flexibility index (Phi) is 6.28. The minimum absolute atomic E-state index is 0.121. The van der Waals surface area contributed by atoms with Gasteiger partial charge in [0.05, 0.1) is 16.3 Å². The second-order valence-electron chi connectivity index (χ2n) is 7.56. The van der Waals surface area contributed by atoms with Crippen LogP contribution in [0, 0.1) is 6.92 Å². The van der Waals surface area contributed by atoms with Crippen LogP contribution in [0.5, 0.6) is 0 Å². The van der Waals surface area contributed by atoms with Gasteiger partial charge in [-0.25, -0.2) is 4.98 Å². The lowest BCUT2D eigenvalue weighted by Gasteiger charge is -2.14. The number of thioether (sulfide) groups is 1. The van der Waals surface area contributed by atoms with E-state index in [1.807, 2.05) is 31.2 Å². The topological polar surface area (TPSA) is 76.0 Å². The molecule has 4 rings (SSSR count). The van der Waals surface area contributed by atoms with Gasteiger partial charge in [-0.3, -0.25) is 14.2 Å². The van der Waals surface area contributed by atoms with Crippen LogP contribution in [-0.2, 0) is 9.59 Å². The Hall–Kier alpha value is -3.58. The number of carbonyl (C=O) groups excluding carboxylic acids is 2. The number of hydrogen-bond donors (Lipinski definition) is 2. The molecule has 2 N–H and O–H groups in total. The second kappa shape index (κ2) is 9.28. The molecule has 162 valence electrons. The Morgan fingerprint density at radius 3 is 2.19 bits per heavy atom. The molecule has 0 aliphatic heterocycles. The summed E-state index contributed by atoms with van der Waals surface area (Å²) >= 11 is 1.42. The highest BCUT2D eigenvalue weighted by Crippen LogP contribution is 2.31. The average Bonchev–Trinajstić information content (AvgIpc) is 3.13. The molecule has 1 heterocycles. The molecule has 0 aliphatic rings. The number of para-hydroxylation sites is 2. The number of aryl methyl sites for hydroxylation is 1. The fourth-order valence-electron chi connectivity index (χ4n) is 3.32. The molecule has 0 spiro atoms. The van der Waals surface area contributed by atoms with Gasteiger partial charge in [-0.05, 0) is 62.4 Å². The number of imidazole rings is 1. The van der Waals surface area contributed by atoms with Gasteiger partial charge in [0.25, 0.3) is 0 Å². The van der Waals surface area contributed by atoms with Crippen LogP contribution in [0.25, 0.3) is 16.7 Å². The molecule has 32 heavy (non-hydrogen) atoms. The summed E-state index contributed by atoms with van der Waals surface area (Å²) in [6, 6.07) is 23.3. The van der Waals surface area contributed by atoms with Crippen molar-refractivity contribution in [2.75, 3.05) is 10.6 Å². The normalized spacial score (nSPS) is 11.8. The summed E-state index contributed by atoms with van der Waals surface area (Å²) in [5, 5.41) is 6.04. The SMILES string of the molecule is CC(=O)Nc1ccc(NC(=O)C(C)Sc2nc3ccccc3n2-c2ccc(C)cc2)cc1. The van der Waals surface area contributed by atoms with E-state index in [9.17, 15) is 9.59 Å². The molecule has 2 amide bonds. The fraction of sp³-hybridized carbons (Fsp3) is 0.160. The lowest BCUT2D eigenvalue weighted by molar-refractivity contribution is -0.115. The van der Waals surface area contributed by atoms with Crippen LogP contribution < -0.4 is 10.6 Å². The summed E-state index contributed by atoms with van der Waals surface area (Å²) in [6.45, 7) is 5.38. The van der Waals surface area contributed by atoms with Crippen molar-refractivity contribution in [3.63, 3.8) is 0 Å². The van der Waals surface area contributed by atoms with Crippen molar-refractivity contribution < 1.29 is 9.59 Å². The van der Waals surface area contributed by atoms with E-state index in [4.69, 9.17) is 4.98 Å². The quantitative estimate of drug-likeness (QED) is 0.390. The van der Waals surface area contributed by atoms with E-state index in [1.165, 1.54) is 24.2 Å². The average molecular weight is 445 g/mol. The molecule has 0 saturated carbocycles. The molecule has 7 heteroatoms. The standard InChI is InChI=1S/C25H24N4O2S/c1-16-8-14-21(15-9-16)29-23-7-5-4-6-22(23)28-25(29)32-17(2)24(31)27-20-12-10-19(11-13-20)26-18(3)30/h4-15,17H,1-3H3,(H,26,30)(H,27,31). The molecule has 1 atom stereocenters. The second-order valence-corrected chi connectivity index (χ2v) is 8.87. The first-order chi connectivity index (χ1) is 15.4. The van der Waals surface area contributed by atoms with E-state index in [2.05, 4.69) is 46.4 Å². The number of nitrogens with zero attached hydrogens (tertiary/aromatic N) is 2. The number of anilines is 2. The van der Waals surface area contributed by atoms with E-state index in [-0.39, 0.29) is 17.1 Å². The number of carbonyl (C=O) groups is 2. The predicted octanol–water partition coefficient (Wildman–Crippen LogP) is 5.41. The lowest BCUT2D eigenvalue weighted by atomic mass is 10.2.